The molecule has 3 N–H and O–H groups in total. The standard InChI is InChI=1S/C29H45F2N5O6/c1-26(2,3)20(33-22(38)16-11-29(30,31)12-16)24(40)35-14-17-18(28(17,7)8)19(35)23(39)34-36(25(41)42-27(4,5)6)13-15-9-10-32-21(15)37/h15-20H,9-14H2,1-8H3,(H,32,37)(H,33,38)(H,34,39)/t15-,17-,18-,19-,20+/m0/s1. The smallest absolute Gasteiger partial charge is 0.429 e. The lowest BCUT2D eigenvalue weighted by Crippen LogP contribution is -2.62. The lowest BCUT2D eigenvalue weighted by atomic mass is 9.79. The molecule has 0 unspecified atom stereocenters. The van der Waals surface area contributed by atoms with E-state index in [1.807, 2.05) is 13.8 Å². The summed E-state index contributed by atoms with van der Waals surface area (Å²) in [7, 11) is 0. The normalized spacial score (nSPS) is 28.6. The van der Waals surface area contributed by atoms with E-state index in [1.54, 1.807) is 41.5 Å². The number of alkyl halides is 2. The Kier molecular flexibility index (Phi) is 8.08. The summed E-state index contributed by atoms with van der Waals surface area (Å²) >= 11 is 0. The average Bonchev–Trinajstić information content (AvgIpc) is 3.16. The lowest BCUT2D eigenvalue weighted by Gasteiger charge is -2.40. The molecule has 42 heavy (non-hydrogen) atoms. The van der Waals surface area contributed by atoms with Crippen molar-refractivity contribution in [2.45, 2.75) is 98.3 Å². The summed E-state index contributed by atoms with van der Waals surface area (Å²) < 4.78 is 32.4. The largest absolute Gasteiger partial charge is 0.442 e. The molecule has 13 heteroatoms. The van der Waals surface area contributed by atoms with Gasteiger partial charge in [0.25, 0.3) is 5.91 Å². The van der Waals surface area contributed by atoms with E-state index in [0.717, 1.165) is 5.01 Å². The van der Waals surface area contributed by atoms with Crippen molar-refractivity contribution in [2.24, 2.45) is 34.5 Å². The Morgan fingerprint density at radius 1 is 1.10 bits per heavy atom. The first-order chi connectivity index (χ1) is 19.1. The third-order valence-corrected chi connectivity index (χ3v) is 9.05. The van der Waals surface area contributed by atoms with Crippen molar-refractivity contribution in [3.63, 3.8) is 0 Å². The number of nitrogens with one attached hydrogen (secondary N) is 3. The van der Waals surface area contributed by atoms with Gasteiger partial charge in [0.15, 0.2) is 0 Å². The topological polar surface area (TPSA) is 137 Å². The van der Waals surface area contributed by atoms with E-state index in [0.29, 0.717) is 13.0 Å². The number of rotatable bonds is 6. The van der Waals surface area contributed by atoms with Crippen LogP contribution < -0.4 is 16.1 Å². The number of hydrazine groups is 1. The van der Waals surface area contributed by atoms with Crippen LogP contribution in [0.15, 0.2) is 0 Å². The van der Waals surface area contributed by atoms with Crippen LogP contribution in [0.25, 0.3) is 0 Å². The van der Waals surface area contributed by atoms with Crippen LogP contribution in [0.2, 0.25) is 0 Å². The predicted molar refractivity (Wildman–Crippen MR) is 148 cm³/mol. The van der Waals surface area contributed by atoms with Gasteiger partial charge in [-0.25, -0.2) is 18.6 Å². The molecule has 0 aromatic rings. The second-order valence-corrected chi connectivity index (χ2v) is 15.0. The van der Waals surface area contributed by atoms with Gasteiger partial charge >= 0.3 is 6.09 Å². The number of piperidine rings is 1. The van der Waals surface area contributed by atoms with Gasteiger partial charge in [-0.15, -0.1) is 0 Å². The van der Waals surface area contributed by atoms with Crippen LogP contribution in [-0.4, -0.2) is 82.9 Å². The molecule has 5 atom stereocenters. The van der Waals surface area contributed by atoms with E-state index >= 15 is 0 Å². The summed E-state index contributed by atoms with van der Waals surface area (Å²) in [6.07, 6.45) is -1.46. The Balaban J connectivity index is 1.55. The van der Waals surface area contributed by atoms with Gasteiger partial charge < -0.3 is 20.3 Å². The number of carbonyl (C=O) groups is 5. The number of amides is 5. The molecule has 0 radical (unpaired) electrons. The lowest BCUT2D eigenvalue weighted by molar-refractivity contribution is -0.155. The Bertz CT molecular complexity index is 1140. The zero-order valence-corrected chi connectivity index (χ0v) is 25.8. The van der Waals surface area contributed by atoms with Crippen molar-refractivity contribution < 1.29 is 37.5 Å². The van der Waals surface area contributed by atoms with Crippen molar-refractivity contribution >= 4 is 29.7 Å². The minimum atomic E-state index is -2.88. The molecule has 0 spiro atoms. The molecule has 0 aromatic heterocycles. The fourth-order valence-electron chi connectivity index (χ4n) is 6.46. The number of hydrogen-bond acceptors (Lipinski definition) is 6. The molecule has 4 aliphatic rings. The first-order valence-electron chi connectivity index (χ1n) is 14.7. The summed E-state index contributed by atoms with van der Waals surface area (Å²) in [4.78, 5) is 67.6. The highest BCUT2D eigenvalue weighted by molar-refractivity contribution is 5.95. The van der Waals surface area contributed by atoms with Gasteiger partial charge in [0.2, 0.25) is 23.6 Å². The van der Waals surface area contributed by atoms with E-state index in [9.17, 15) is 32.8 Å². The average molecular weight is 598 g/mol. The maximum Gasteiger partial charge on any atom is 0.429 e. The predicted octanol–water partition coefficient (Wildman–Crippen LogP) is 2.45. The summed E-state index contributed by atoms with van der Waals surface area (Å²) in [5.74, 6) is -6.38. The number of likely N-dealkylation sites (tertiary alicyclic amines) is 1. The molecular weight excluding hydrogens is 552 g/mol. The monoisotopic (exact) mass is 597 g/mol. The molecule has 0 bridgehead atoms. The molecule has 5 amide bonds. The van der Waals surface area contributed by atoms with Gasteiger partial charge in [-0.2, -0.15) is 0 Å². The Labute approximate surface area is 245 Å². The number of halogens is 2. The SMILES string of the molecule is CC(C)(C)OC(=O)N(C[C@@H]1CCNC1=O)NC(=O)[C@@H]1[C@@H]2[C@H](CN1C(=O)[C@@H](NC(=O)C1CC(F)(F)C1)C(C)(C)C)C2(C)C. The van der Waals surface area contributed by atoms with Gasteiger partial charge in [-0.1, -0.05) is 34.6 Å². The molecular formula is C29H45F2N5O6. The molecule has 236 valence electrons. The molecule has 2 aliphatic heterocycles. The number of fused-ring (bicyclic) bond motifs is 1. The number of nitrogens with zero attached hydrogens (tertiary/aromatic N) is 2. The Morgan fingerprint density at radius 3 is 2.21 bits per heavy atom. The minimum Gasteiger partial charge on any atom is -0.442 e. The molecule has 2 saturated carbocycles. The first-order valence-corrected chi connectivity index (χ1v) is 14.7. The van der Waals surface area contributed by atoms with E-state index in [2.05, 4.69) is 16.1 Å². The van der Waals surface area contributed by atoms with Gasteiger partial charge in [0.1, 0.15) is 17.7 Å². The fourth-order valence-corrected chi connectivity index (χ4v) is 6.46. The third kappa shape index (κ3) is 6.49. The zero-order valence-electron chi connectivity index (χ0n) is 25.8. The van der Waals surface area contributed by atoms with Crippen molar-refractivity contribution in [3.8, 4) is 0 Å². The Morgan fingerprint density at radius 2 is 1.71 bits per heavy atom. The first kappa shape index (κ1) is 31.9. The van der Waals surface area contributed by atoms with E-state index in [-0.39, 0.29) is 36.2 Å². The molecule has 11 nitrogen and oxygen atoms in total. The van der Waals surface area contributed by atoms with Crippen molar-refractivity contribution in [3.05, 3.63) is 0 Å². The highest BCUT2D eigenvalue weighted by atomic mass is 19.3. The van der Waals surface area contributed by atoms with Crippen LogP contribution in [0, 0.1) is 34.5 Å². The quantitative estimate of drug-likeness (QED) is 0.403. The van der Waals surface area contributed by atoms with Crippen LogP contribution in [0.3, 0.4) is 0 Å². The van der Waals surface area contributed by atoms with Crippen molar-refractivity contribution in [1.29, 1.82) is 0 Å². The van der Waals surface area contributed by atoms with Crippen LogP contribution in [-0.2, 0) is 23.9 Å². The molecule has 2 saturated heterocycles. The van der Waals surface area contributed by atoms with Gasteiger partial charge in [0, 0.05) is 31.8 Å². The number of carbonyl (C=O) groups excluding carboxylic acids is 5. The van der Waals surface area contributed by atoms with Gasteiger partial charge in [-0.05, 0) is 49.9 Å². The molecule has 2 heterocycles. The van der Waals surface area contributed by atoms with Crippen molar-refractivity contribution in [1.82, 2.24) is 26.0 Å². The van der Waals surface area contributed by atoms with Crippen LogP contribution in [0.5, 0.6) is 0 Å². The van der Waals surface area contributed by atoms with E-state index < -0.39 is 77.5 Å². The third-order valence-electron chi connectivity index (χ3n) is 9.05. The highest BCUT2D eigenvalue weighted by Gasteiger charge is 2.70. The van der Waals surface area contributed by atoms with E-state index in [1.165, 1.54) is 4.90 Å². The molecule has 2 aliphatic carbocycles. The van der Waals surface area contributed by atoms with Crippen LogP contribution in [0.4, 0.5) is 13.6 Å². The fraction of sp³-hybridized carbons (Fsp3) is 0.828. The second kappa shape index (κ2) is 10.6. The maximum absolute atomic E-state index is 14.0. The van der Waals surface area contributed by atoms with Crippen molar-refractivity contribution in [2.75, 3.05) is 19.6 Å². The molecule has 4 fully saturated rings. The summed E-state index contributed by atoms with van der Waals surface area (Å²) in [6, 6.07) is -2.01. The van der Waals surface area contributed by atoms with Gasteiger partial charge in [0.05, 0.1) is 12.5 Å². The second-order valence-electron chi connectivity index (χ2n) is 15.0. The van der Waals surface area contributed by atoms with Crippen LogP contribution >= 0.6 is 0 Å². The van der Waals surface area contributed by atoms with E-state index in [4.69, 9.17) is 4.74 Å². The number of ether oxygens (including phenoxy) is 1. The summed E-state index contributed by atoms with van der Waals surface area (Å²) in [6.45, 7) is 15.0. The highest BCUT2D eigenvalue weighted by Crippen LogP contribution is 2.65. The summed E-state index contributed by atoms with van der Waals surface area (Å²) in [5.41, 5.74) is 0.772. The van der Waals surface area contributed by atoms with Crippen LogP contribution in [0.1, 0.15) is 74.7 Å². The van der Waals surface area contributed by atoms with Gasteiger partial charge in [-0.3, -0.25) is 24.6 Å². The number of hydrogen-bond donors (Lipinski definition) is 3. The molecule has 4 rings (SSSR count). The molecule has 0 aromatic carbocycles. The minimum absolute atomic E-state index is 0.0226. The summed E-state index contributed by atoms with van der Waals surface area (Å²) in [5, 5.41) is 6.43. The zero-order chi connectivity index (χ0) is 31.6. The Hall–Kier alpha value is -2.99. The maximum atomic E-state index is 14.0.